The fourth-order valence-electron chi connectivity index (χ4n) is 2.89. The Labute approximate surface area is 179 Å². The highest BCUT2D eigenvalue weighted by Gasteiger charge is 2.09. The number of hydrogen-bond donors (Lipinski definition) is 3. The Morgan fingerprint density at radius 3 is 2.42 bits per heavy atom. The highest BCUT2D eigenvalue weighted by Crippen LogP contribution is 2.20. The van der Waals surface area contributed by atoms with Crippen molar-refractivity contribution in [2.24, 2.45) is 5.73 Å². The Morgan fingerprint density at radius 1 is 0.968 bits per heavy atom. The average Bonchev–Trinajstić information content (AvgIpc) is 3.26. The minimum atomic E-state index is -0.604. The molecular weight excluding hydrogens is 396 g/mol. The Bertz CT molecular complexity index is 1030. The van der Waals surface area contributed by atoms with Crippen LogP contribution in [0.2, 0.25) is 0 Å². The van der Waals surface area contributed by atoms with Gasteiger partial charge in [-0.3, -0.25) is 14.4 Å². The third kappa shape index (κ3) is 6.81. The van der Waals surface area contributed by atoms with E-state index in [4.69, 9.17) is 10.2 Å². The SMILES string of the molecule is NC(=O)CNC(=O)c1ccc(CNC(=O)CCCc2ncc(-c3ccccc3)o2)cc1. The molecule has 4 N–H and O–H groups in total. The smallest absolute Gasteiger partial charge is 0.251 e. The number of amides is 3. The summed E-state index contributed by atoms with van der Waals surface area (Å²) in [6, 6.07) is 16.5. The summed E-state index contributed by atoms with van der Waals surface area (Å²) in [5, 5.41) is 5.27. The van der Waals surface area contributed by atoms with Crippen molar-refractivity contribution in [1.29, 1.82) is 0 Å². The van der Waals surface area contributed by atoms with Crippen LogP contribution in [0.4, 0.5) is 0 Å². The van der Waals surface area contributed by atoms with Crippen molar-refractivity contribution in [3.8, 4) is 11.3 Å². The quantitative estimate of drug-likeness (QED) is 0.463. The number of benzene rings is 2. The van der Waals surface area contributed by atoms with Gasteiger partial charge in [-0.2, -0.15) is 0 Å². The van der Waals surface area contributed by atoms with E-state index in [0.29, 0.717) is 43.0 Å². The van der Waals surface area contributed by atoms with Crippen molar-refractivity contribution in [2.75, 3.05) is 6.54 Å². The minimum Gasteiger partial charge on any atom is -0.441 e. The number of rotatable bonds is 10. The van der Waals surface area contributed by atoms with Crippen molar-refractivity contribution in [1.82, 2.24) is 15.6 Å². The van der Waals surface area contributed by atoms with Crippen LogP contribution in [0.1, 0.15) is 34.7 Å². The molecule has 0 radical (unpaired) electrons. The third-order valence-corrected chi connectivity index (χ3v) is 4.54. The molecule has 2 aromatic carbocycles. The average molecular weight is 420 g/mol. The molecule has 3 rings (SSSR count). The third-order valence-electron chi connectivity index (χ3n) is 4.54. The number of aryl methyl sites for hydroxylation is 1. The summed E-state index contributed by atoms with van der Waals surface area (Å²) in [6.45, 7) is 0.150. The Balaban J connectivity index is 1.38. The van der Waals surface area contributed by atoms with Gasteiger partial charge in [-0.15, -0.1) is 0 Å². The number of carbonyl (C=O) groups excluding carboxylic acids is 3. The summed E-state index contributed by atoms with van der Waals surface area (Å²) in [4.78, 5) is 38.9. The van der Waals surface area contributed by atoms with Gasteiger partial charge in [0.2, 0.25) is 11.8 Å². The van der Waals surface area contributed by atoms with Gasteiger partial charge in [-0.05, 0) is 24.1 Å². The highest BCUT2D eigenvalue weighted by atomic mass is 16.4. The molecule has 0 unspecified atom stereocenters. The molecule has 160 valence electrons. The second-order valence-electron chi connectivity index (χ2n) is 6.96. The van der Waals surface area contributed by atoms with Crippen LogP contribution in [-0.2, 0) is 22.6 Å². The number of oxazole rings is 1. The molecule has 0 atom stereocenters. The van der Waals surface area contributed by atoms with E-state index in [1.807, 2.05) is 30.3 Å². The maximum absolute atomic E-state index is 12.1. The zero-order chi connectivity index (χ0) is 22.1. The minimum absolute atomic E-state index is 0.0712. The van der Waals surface area contributed by atoms with Crippen LogP contribution in [0.15, 0.2) is 65.2 Å². The number of carbonyl (C=O) groups is 3. The van der Waals surface area contributed by atoms with Gasteiger partial charge in [-0.1, -0.05) is 42.5 Å². The first kappa shape index (κ1) is 21.8. The van der Waals surface area contributed by atoms with Crippen LogP contribution in [0.25, 0.3) is 11.3 Å². The molecule has 0 saturated heterocycles. The van der Waals surface area contributed by atoms with Crippen molar-refractivity contribution in [3.05, 3.63) is 77.8 Å². The standard InChI is InChI=1S/C23H24N4O4/c24-20(28)15-27-23(30)18-11-9-16(10-12-18)13-25-21(29)7-4-8-22-26-14-19(31-22)17-5-2-1-3-6-17/h1-3,5-6,9-12,14H,4,7-8,13,15H2,(H2,24,28)(H,25,29)(H,27,30). The van der Waals surface area contributed by atoms with Gasteiger partial charge in [-0.25, -0.2) is 4.98 Å². The molecule has 31 heavy (non-hydrogen) atoms. The van der Waals surface area contributed by atoms with E-state index < -0.39 is 5.91 Å². The van der Waals surface area contributed by atoms with Gasteiger partial charge < -0.3 is 20.8 Å². The topological polar surface area (TPSA) is 127 Å². The maximum Gasteiger partial charge on any atom is 0.251 e. The molecule has 0 fully saturated rings. The van der Waals surface area contributed by atoms with E-state index in [-0.39, 0.29) is 18.4 Å². The summed E-state index contributed by atoms with van der Waals surface area (Å²) < 4.78 is 5.74. The van der Waals surface area contributed by atoms with E-state index in [0.717, 1.165) is 11.1 Å². The summed E-state index contributed by atoms with van der Waals surface area (Å²) in [5.74, 6) is 0.269. The molecule has 3 aromatic rings. The zero-order valence-corrected chi connectivity index (χ0v) is 17.0. The van der Waals surface area contributed by atoms with Gasteiger partial charge in [0.1, 0.15) is 0 Å². The summed E-state index contributed by atoms with van der Waals surface area (Å²) in [6.07, 6.45) is 3.26. The summed E-state index contributed by atoms with van der Waals surface area (Å²) in [7, 11) is 0. The highest BCUT2D eigenvalue weighted by molar-refractivity contribution is 5.96. The van der Waals surface area contributed by atoms with Crippen molar-refractivity contribution in [2.45, 2.75) is 25.8 Å². The number of primary amides is 1. The van der Waals surface area contributed by atoms with Gasteiger partial charge in [0.25, 0.3) is 5.91 Å². The van der Waals surface area contributed by atoms with Gasteiger partial charge in [0.05, 0.1) is 12.7 Å². The first-order valence-corrected chi connectivity index (χ1v) is 9.93. The molecule has 1 aromatic heterocycles. The van der Waals surface area contributed by atoms with Gasteiger partial charge in [0, 0.05) is 30.5 Å². The Hall–Kier alpha value is -3.94. The van der Waals surface area contributed by atoms with Crippen molar-refractivity contribution < 1.29 is 18.8 Å². The van der Waals surface area contributed by atoms with Crippen LogP contribution in [0.5, 0.6) is 0 Å². The Kier molecular flexibility index (Phi) is 7.53. The molecule has 0 spiro atoms. The molecule has 0 aliphatic carbocycles. The molecule has 8 heteroatoms. The lowest BCUT2D eigenvalue weighted by Gasteiger charge is -2.07. The normalized spacial score (nSPS) is 10.5. The van der Waals surface area contributed by atoms with E-state index >= 15 is 0 Å². The molecule has 8 nitrogen and oxygen atoms in total. The van der Waals surface area contributed by atoms with Gasteiger partial charge in [0.15, 0.2) is 11.7 Å². The number of aromatic nitrogens is 1. The predicted molar refractivity (Wildman–Crippen MR) is 115 cm³/mol. The van der Waals surface area contributed by atoms with Crippen LogP contribution in [0, 0.1) is 0 Å². The first-order chi connectivity index (χ1) is 15.0. The van der Waals surface area contributed by atoms with E-state index in [1.165, 1.54) is 0 Å². The predicted octanol–water partition coefficient (Wildman–Crippen LogP) is 2.20. The lowest BCUT2D eigenvalue weighted by molar-refractivity contribution is -0.121. The number of nitrogens with one attached hydrogen (secondary N) is 2. The molecule has 1 heterocycles. The Morgan fingerprint density at radius 2 is 1.71 bits per heavy atom. The second-order valence-corrected chi connectivity index (χ2v) is 6.96. The molecule has 0 aliphatic rings. The monoisotopic (exact) mass is 420 g/mol. The van der Waals surface area contributed by atoms with E-state index in [9.17, 15) is 14.4 Å². The second kappa shape index (κ2) is 10.7. The lowest BCUT2D eigenvalue weighted by atomic mass is 10.1. The molecule has 0 bridgehead atoms. The summed E-state index contributed by atoms with van der Waals surface area (Å²) in [5.41, 5.74) is 7.24. The molecule has 3 amide bonds. The number of hydrogen-bond acceptors (Lipinski definition) is 5. The molecule has 0 aliphatic heterocycles. The van der Waals surface area contributed by atoms with Crippen LogP contribution in [-0.4, -0.2) is 29.3 Å². The first-order valence-electron chi connectivity index (χ1n) is 9.93. The van der Waals surface area contributed by atoms with Crippen molar-refractivity contribution >= 4 is 17.7 Å². The number of nitrogens with zero attached hydrogens (tertiary/aromatic N) is 1. The van der Waals surface area contributed by atoms with Crippen LogP contribution < -0.4 is 16.4 Å². The van der Waals surface area contributed by atoms with Gasteiger partial charge >= 0.3 is 0 Å². The van der Waals surface area contributed by atoms with E-state index in [1.54, 1.807) is 30.5 Å². The molecular formula is C23H24N4O4. The van der Waals surface area contributed by atoms with E-state index in [2.05, 4.69) is 15.6 Å². The lowest BCUT2D eigenvalue weighted by Crippen LogP contribution is -2.33. The summed E-state index contributed by atoms with van der Waals surface area (Å²) >= 11 is 0. The number of nitrogens with two attached hydrogens (primary N) is 1. The fraction of sp³-hybridized carbons (Fsp3) is 0.217. The molecule has 0 saturated carbocycles. The van der Waals surface area contributed by atoms with Crippen molar-refractivity contribution in [3.63, 3.8) is 0 Å². The maximum atomic E-state index is 12.1. The zero-order valence-electron chi connectivity index (χ0n) is 17.0. The largest absolute Gasteiger partial charge is 0.441 e. The fourth-order valence-corrected chi connectivity index (χ4v) is 2.89. The van der Waals surface area contributed by atoms with Crippen LogP contribution >= 0.6 is 0 Å². The van der Waals surface area contributed by atoms with Crippen LogP contribution in [0.3, 0.4) is 0 Å².